The van der Waals surface area contributed by atoms with Crippen LogP contribution in [0.1, 0.15) is 0 Å². The monoisotopic (exact) mass is 376 g/mol. The fourth-order valence-electron chi connectivity index (χ4n) is 0.676. The van der Waals surface area contributed by atoms with Crippen LogP contribution in [0.15, 0.2) is 0 Å². The molecule has 0 saturated carbocycles. The van der Waals surface area contributed by atoms with Crippen LogP contribution >= 0.6 is 7.82 Å². The second kappa shape index (κ2) is 7.32. The second-order valence-corrected chi connectivity index (χ2v) is 5.10. The van der Waals surface area contributed by atoms with E-state index in [1.807, 2.05) is 0 Å². The van der Waals surface area contributed by atoms with Crippen molar-refractivity contribution < 1.29 is 62.0 Å². The minimum atomic E-state index is -5.96. The van der Waals surface area contributed by atoms with Crippen molar-refractivity contribution in [3.63, 3.8) is 0 Å². The van der Waals surface area contributed by atoms with Crippen molar-refractivity contribution in [3.05, 3.63) is 0 Å². The average Bonchev–Trinajstić information content (AvgIpc) is 2.37. The number of phosphoric ester groups is 1. The lowest BCUT2D eigenvalue weighted by Crippen LogP contribution is -2.41. The van der Waals surface area contributed by atoms with Crippen molar-refractivity contribution in [1.82, 2.24) is 0 Å². The Morgan fingerprint density at radius 1 is 0.773 bits per heavy atom. The molecule has 0 aromatic heterocycles. The molecule has 0 aromatic rings. The van der Waals surface area contributed by atoms with Gasteiger partial charge in [-0.2, -0.15) is 17.6 Å². The summed E-state index contributed by atoms with van der Waals surface area (Å²) in [5, 5.41) is 0. The fourth-order valence-corrected chi connectivity index (χ4v) is 1.63. The van der Waals surface area contributed by atoms with E-state index in [0.29, 0.717) is 0 Å². The first kappa shape index (κ1) is 21.4. The molecule has 0 saturated heterocycles. The van der Waals surface area contributed by atoms with Gasteiger partial charge in [-0.15, -0.1) is 0 Å². The number of rotatable bonds is 9. The molecule has 0 bridgehead atoms. The van der Waals surface area contributed by atoms with Crippen LogP contribution in [0, 0.1) is 0 Å². The van der Waals surface area contributed by atoms with Crippen molar-refractivity contribution in [2.24, 2.45) is 0 Å². The molecule has 0 aliphatic carbocycles. The van der Waals surface area contributed by atoms with E-state index in [4.69, 9.17) is 0 Å². The summed E-state index contributed by atoms with van der Waals surface area (Å²) in [6.45, 7) is 0. The quantitative estimate of drug-likeness (QED) is 0.448. The summed E-state index contributed by atoms with van der Waals surface area (Å²) in [6.07, 6.45) is -18.2. The van der Waals surface area contributed by atoms with Crippen LogP contribution in [-0.4, -0.2) is 44.5 Å². The summed E-state index contributed by atoms with van der Waals surface area (Å²) in [7, 11) is -5.78. The zero-order valence-corrected chi connectivity index (χ0v) is 11.1. The Kier molecular flexibility index (Phi) is 7.12. The van der Waals surface area contributed by atoms with E-state index in [1.54, 1.807) is 0 Å². The molecule has 2 unspecified atom stereocenters. The van der Waals surface area contributed by atoms with Gasteiger partial charge in [-0.05, 0) is 0 Å². The van der Waals surface area contributed by atoms with Gasteiger partial charge in [0, 0.05) is 7.11 Å². The summed E-state index contributed by atoms with van der Waals surface area (Å²) >= 11 is 0. The largest absolute Gasteiger partial charge is 0.480 e. The van der Waals surface area contributed by atoms with Crippen molar-refractivity contribution >= 4 is 7.82 Å². The highest BCUT2D eigenvalue weighted by Crippen LogP contribution is 2.55. The maximum Gasteiger partial charge on any atom is 0.480 e. The topological polar surface area (TPSA) is 44.8 Å². The number of alkyl halides is 10. The van der Waals surface area contributed by atoms with Crippen LogP contribution in [-0.2, 0) is 18.1 Å². The first-order chi connectivity index (χ1) is 9.70. The van der Waals surface area contributed by atoms with Crippen molar-refractivity contribution in [2.45, 2.75) is 37.4 Å². The van der Waals surface area contributed by atoms with Crippen LogP contribution in [0.3, 0.4) is 0 Å². The van der Waals surface area contributed by atoms with Crippen molar-refractivity contribution in [1.29, 1.82) is 0 Å². The Morgan fingerprint density at radius 2 is 1.05 bits per heavy atom. The van der Waals surface area contributed by atoms with E-state index in [-0.39, 0.29) is 7.11 Å². The van der Waals surface area contributed by atoms with E-state index < -0.39 is 45.2 Å². The average molecular weight is 376 g/mol. The molecule has 0 aliphatic rings. The van der Waals surface area contributed by atoms with Crippen LogP contribution in [0.2, 0.25) is 0 Å². The highest BCUT2D eigenvalue weighted by molar-refractivity contribution is 7.48. The van der Waals surface area contributed by atoms with Crippen molar-refractivity contribution in [2.75, 3.05) is 7.11 Å². The van der Waals surface area contributed by atoms with Crippen LogP contribution < -0.4 is 0 Å². The molecule has 0 spiro atoms. The minimum Gasteiger partial charge on any atom is -0.290 e. The number of phosphoric acid groups is 1. The van der Waals surface area contributed by atoms with Crippen molar-refractivity contribution in [3.8, 4) is 0 Å². The molecule has 0 N–H and O–H groups in total. The fraction of sp³-hybridized carbons (Fsp3) is 1.00. The van der Waals surface area contributed by atoms with Gasteiger partial charge in [-0.25, -0.2) is 40.0 Å². The van der Waals surface area contributed by atoms with Gasteiger partial charge in [0.25, 0.3) is 12.7 Å². The summed E-state index contributed by atoms with van der Waals surface area (Å²) < 4.78 is 143. The van der Waals surface area contributed by atoms with Crippen LogP contribution in [0.25, 0.3) is 0 Å². The molecular formula is C7H7F10O4P. The SMILES string of the molecule is COP(=O)(OC(F)C(F)(F)C(F)F)OC(F)C(F)(F)C(F)F. The van der Waals surface area contributed by atoms with Gasteiger partial charge in [0.2, 0.25) is 0 Å². The Bertz CT molecular complexity index is 373. The molecule has 0 heterocycles. The maximum absolute atomic E-state index is 12.8. The van der Waals surface area contributed by atoms with Gasteiger partial charge in [0.1, 0.15) is 0 Å². The third-order valence-electron chi connectivity index (χ3n) is 1.85. The summed E-state index contributed by atoms with van der Waals surface area (Å²) in [6, 6.07) is 0. The van der Waals surface area contributed by atoms with Crippen LogP contribution in [0.4, 0.5) is 43.9 Å². The minimum absolute atomic E-state index is 0.182. The molecule has 0 radical (unpaired) electrons. The van der Waals surface area contributed by atoms with Gasteiger partial charge >= 0.3 is 32.5 Å². The van der Waals surface area contributed by atoms with Gasteiger partial charge in [0.05, 0.1) is 0 Å². The molecule has 0 aliphatic heterocycles. The van der Waals surface area contributed by atoms with E-state index in [0.717, 1.165) is 0 Å². The Morgan fingerprint density at radius 3 is 1.23 bits per heavy atom. The second-order valence-electron chi connectivity index (χ2n) is 3.42. The summed E-state index contributed by atoms with van der Waals surface area (Å²) in [4.78, 5) is 0. The normalized spacial score (nSPS) is 19.3. The Labute approximate surface area is 115 Å². The Hall–Kier alpha value is -0.590. The van der Waals surface area contributed by atoms with Gasteiger partial charge < -0.3 is 0 Å². The first-order valence-corrected chi connectivity index (χ1v) is 6.29. The molecular weight excluding hydrogens is 369 g/mol. The molecule has 134 valence electrons. The lowest BCUT2D eigenvalue weighted by Gasteiger charge is -2.26. The summed E-state index contributed by atoms with van der Waals surface area (Å²) in [5.41, 5.74) is 0. The number of hydrogen-bond acceptors (Lipinski definition) is 4. The maximum atomic E-state index is 12.8. The zero-order chi connectivity index (χ0) is 17.9. The predicted molar refractivity (Wildman–Crippen MR) is 48.5 cm³/mol. The lowest BCUT2D eigenvalue weighted by molar-refractivity contribution is -0.243. The van der Waals surface area contributed by atoms with E-state index >= 15 is 0 Å². The zero-order valence-electron chi connectivity index (χ0n) is 10.2. The lowest BCUT2D eigenvalue weighted by atomic mass is 10.3. The van der Waals surface area contributed by atoms with Crippen LogP contribution in [0.5, 0.6) is 0 Å². The molecule has 0 aromatic carbocycles. The molecule has 4 nitrogen and oxygen atoms in total. The standard InChI is InChI=1S/C7H7F10O4P/c1-19-22(18,20-4(12)6(14,15)2(8)9)21-5(13)7(16,17)3(10)11/h2-5H,1H3. The van der Waals surface area contributed by atoms with E-state index in [9.17, 15) is 48.5 Å². The molecule has 0 fully saturated rings. The molecule has 2 atom stereocenters. The van der Waals surface area contributed by atoms with E-state index in [1.165, 1.54) is 0 Å². The Balaban J connectivity index is 5.12. The first-order valence-electron chi connectivity index (χ1n) is 4.83. The highest BCUT2D eigenvalue weighted by Gasteiger charge is 2.57. The van der Waals surface area contributed by atoms with Gasteiger partial charge in [-0.3, -0.25) is 4.52 Å². The molecule has 22 heavy (non-hydrogen) atoms. The smallest absolute Gasteiger partial charge is 0.290 e. The number of halogens is 10. The van der Waals surface area contributed by atoms with Gasteiger partial charge in [-0.1, -0.05) is 0 Å². The predicted octanol–water partition coefficient (Wildman–Crippen LogP) is 4.17. The number of hydrogen-bond donors (Lipinski definition) is 0. The molecule has 0 rings (SSSR count). The third-order valence-corrected chi connectivity index (χ3v) is 3.19. The molecule has 0 amide bonds. The van der Waals surface area contributed by atoms with Gasteiger partial charge in [0.15, 0.2) is 0 Å². The molecule has 15 heteroatoms. The van der Waals surface area contributed by atoms with E-state index in [2.05, 4.69) is 13.6 Å². The summed E-state index contributed by atoms with van der Waals surface area (Å²) in [5.74, 6) is -11.2. The third kappa shape index (κ3) is 4.96. The highest BCUT2D eigenvalue weighted by atomic mass is 31.2.